The van der Waals surface area contributed by atoms with Crippen molar-refractivity contribution in [2.45, 2.75) is 44.5 Å². The van der Waals surface area contributed by atoms with Crippen LogP contribution in [0, 0.1) is 0 Å². The summed E-state index contributed by atoms with van der Waals surface area (Å²) in [5.41, 5.74) is 6.44. The molecule has 2 aromatic carbocycles. The molecule has 218 valence electrons. The fourth-order valence-corrected chi connectivity index (χ4v) is 4.07. The predicted molar refractivity (Wildman–Crippen MR) is 159 cm³/mol. The summed E-state index contributed by atoms with van der Waals surface area (Å²) in [6.45, 7) is 3.25. The number of carbonyl (C=O) groups is 3. The van der Waals surface area contributed by atoms with Gasteiger partial charge < -0.3 is 30.4 Å². The Hall–Kier alpha value is -4.80. The van der Waals surface area contributed by atoms with Crippen molar-refractivity contribution in [2.24, 2.45) is 5.73 Å². The number of allylic oxidation sites excluding steroid dienone is 5. The van der Waals surface area contributed by atoms with Gasteiger partial charge in [-0.05, 0) is 43.5 Å². The molecule has 0 radical (unpaired) electrons. The van der Waals surface area contributed by atoms with Crippen molar-refractivity contribution in [3.63, 3.8) is 0 Å². The molecule has 0 aliphatic heterocycles. The standard InChI is InChI=1S/C32H35N5O5/c1-32(2,33)31(40)35-26(21-41-20-23-13-7-5-8-14-23)29(38)36-27-19-37(22-34-27)28(24-15-9-3-4-10-16-24)30(39)42-25-17-11-6-12-18-25/h3-15,17-19,22,26,28H,16,20-21,33H2,1-2H3,(H,35,40)(H,36,38). The van der Waals surface area contributed by atoms with E-state index in [1.807, 2.05) is 66.8 Å². The zero-order chi connectivity index (χ0) is 30.0. The number of nitrogens with two attached hydrogens (primary N) is 1. The quantitative estimate of drug-likeness (QED) is 0.223. The van der Waals surface area contributed by atoms with Crippen LogP contribution >= 0.6 is 0 Å². The van der Waals surface area contributed by atoms with Crippen molar-refractivity contribution in [1.82, 2.24) is 14.9 Å². The summed E-state index contributed by atoms with van der Waals surface area (Å²) < 4.78 is 13.0. The Balaban J connectivity index is 1.50. The summed E-state index contributed by atoms with van der Waals surface area (Å²) in [6.07, 6.45) is 13.0. The number of rotatable bonds is 12. The Morgan fingerprint density at radius 3 is 2.45 bits per heavy atom. The van der Waals surface area contributed by atoms with Gasteiger partial charge in [0.25, 0.3) is 5.91 Å². The molecule has 2 atom stereocenters. The maximum absolute atomic E-state index is 13.4. The Kier molecular flexibility index (Phi) is 10.2. The van der Waals surface area contributed by atoms with Gasteiger partial charge in [0.2, 0.25) is 5.91 Å². The second-order valence-electron chi connectivity index (χ2n) is 10.3. The van der Waals surface area contributed by atoms with E-state index in [-0.39, 0.29) is 19.0 Å². The van der Waals surface area contributed by atoms with Gasteiger partial charge in [-0.2, -0.15) is 0 Å². The second kappa shape index (κ2) is 14.2. The molecule has 10 nitrogen and oxygen atoms in total. The van der Waals surface area contributed by atoms with Crippen LogP contribution in [0.5, 0.6) is 5.75 Å². The van der Waals surface area contributed by atoms with Crippen LogP contribution in [0.25, 0.3) is 0 Å². The normalized spacial score (nSPS) is 14.3. The third kappa shape index (κ3) is 8.60. The second-order valence-corrected chi connectivity index (χ2v) is 10.3. The number of ether oxygens (including phenoxy) is 2. The number of imidazole rings is 1. The number of benzene rings is 2. The van der Waals surface area contributed by atoms with E-state index in [0.717, 1.165) is 11.1 Å². The topological polar surface area (TPSA) is 138 Å². The molecular weight excluding hydrogens is 534 g/mol. The van der Waals surface area contributed by atoms with Crippen LogP contribution in [0.4, 0.5) is 5.82 Å². The fourth-order valence-electron chi connectivity index (χ4n) is 4.07. The molecule has 1 aliphatic carbocycles. The summed E-state index contributed by atoms with van der Waals surface area (Å²) >= 11 is 0. The molecule has 0 fully saturated rings. The third-order valence-electron chi connectivity index (χ3n) is 6.31. The van der Waals surface area contributed by atoms with Gasteiger partial charge in [0, 0.05) is 6.20 Å². The molecule has 1 heterocycles. The van der Waals surface area contributed by atoms with Gasteiger partial charge in [-0.1, -0.05) is 78.9 Å². The first-order valence-electron chi connectivity index (χ1n) is 13.6. The highest BCUT2D eigenvalue weighted by Gasteiger charge is 2.30. The van der Waals surface area contributed by atoms with E-state index in [1.165, 1.54) is 6.33 Å². The van der Waals surface area contributed by atoms with Gasteiger partial charge in [0.05, 0.1) is 25.1 Å². The zero-order valence-electron chi connectivity index (χ0n) is 23.6. The number of amides is 2. The Labute approximate surface area is 244 Å². The highest BCUT2D eigenvalue weighted by atomic mass is 16.5. The van der Waals surface area contributed by atoms with Crippen molar-refractivity contribution < 1.29 is 23.9 Å². The lowest BCUT2D eigenvalue weighted by Crippen LogP contribution is -2.56. The van der Waals surface area contributed by atoms with E-state index in [4.69, 9.17) is 15.2 Å². The average molecular weight is 570 g/mol. The van der Waals surface area contributed by atoms with Crippen LogP contribution in [0.15, 0.2) is 109 Å². The molecule has 1 aromatic heterocycles. The van der Waals surface area contributed by atoms with E-state index in [1.54, 1.807) is 48.9 Å². The molecule has 0 saturated carbocycles. The van der Waals surface area contributed by atoms with Crippen LogP contribution in [0.1, 0.15) is 31.9 Å². The molecule has 3 aromatic rings. The fraction of sp³-hybridized carbons (Fsp3) is 0.250. The first kappa shape index (κ1) is 30.2. The summed E-state index contributed by atoms with van der Waals surface area (Å²) in [5, 5.41) is 5.38. The highest BCUT2D eigenvalue weighted by Crippen LogP contribution is 2.27. The number of carbonyl (C=O) groups excluding carboxylic acids is 3. The lowest BCUT2D eigenvalue weighted by molar-refractivity contribution is -0.137. The molecule has 4 N–H and O–H groups in total. The monoisotopic (exact) mass is 569 g/mol. The average Bonchev–Trinajstić information content (AvgIpc) is 3.24. The Morgan fingerprint density at radius 1 is 1.02 bits per heavy atom. The molecule has 0 saturated heterocycles. The zero-order valence-corrected chi connectivity index (χ0v) is 23.6. The minimum absolute atomic E-state index is 0.0964. The van der Waals surface area contributed by atoms with Crippen LogP contribution in [0.3, 0.4) is 0 Å². The Bertz CT molecular complexity index is 1460. The summed E-state index contributed by atoms with van der Waals surface area (Å²) in [7, 11) is 0. The molecule has 4 rings (SSSR count). The summed E-state index contributed by atoms with van der Waals surface area (Å²) in [4.78, 5) is 43.6. The van der Waals surface area contributed by atoms with E-state index >= 15 is 0 Å². The number of nitrogens with one attached hydrogen (secondary N) is 2. The minimum atomic E-state index is -1.21. The first-order chi connectivity index (χ1) is 20.2. The number of hydrogen-bond donors (Lipinski definition) is 3. The molecule has 10 heteroatoms. The number of esters is 1. The van der Waals surface area contributed by atoms with Gasteiger partial charge in [-0.3, -0.25) is 9.59 Å². The van der Waals surface area contributed by atoms with Gasteiger partial charge >= 0.3 is 5.97 Å². The third-order valence-corrected chi connectivity index (χ3v) is 6.31. The largest absolute Gasteiger partial charge is 0.425 e. The first-order valence-corrected chi connectivity index (χ1v) is 13.6. The van der Waals surface area contributed by atoms with E-state index in [0.29, 0.717) is 12.2 Å². The number of aromatic nitrogens is 2. The molecule has 42 heavy (non-hydrogen) atoms. The highest BCUT2D eigenvalue weighted by molar-refractivity contribution is 5.98. The van der Waals surface area contributed by atoms with E-state index in [9.17, 15) is 14.4 Å². The minimum Gasteiger partial charge on any atom is -0.425 e. The Morgan fingerprint density at radius 2 is 1.74 bits per heavy atom. The lowest BCUT2D eigenvalue weighted by atomic mass is 10.0. The lowest BCUT2D eigenvalue weighted by Gasteiger charge is -2.23. The molecule has 2 unspecified atom stereocenters. The van der Waals surface area contributed by atoms with Crippen molar-refractivity contribution in [2.75, 3.05) is 11.9 Å². The van der Waals surface area contributed by atoms with Gasteiger partial charge in [0.15, 0.2) is 11.9 Å². The SMILES string of the molecule is CC(C)(N)C(=O)NC(COCc1ccccc1)C(=O)Nc1cn(C(C(=O)Oc2ccccc2)C2=CC=CC=CC2)cn1. The van der Waals surface area contributed by atoms with Crippen LogP contribution in [-0.2, 0) is 25.7 Å². The smallest absolute Gasteiger partial charge is 0.338 e. The van der Waals surface area contributed by atoms with Gasteiger partial charge in [0.1, 0.15) is 11.8 Å². The number of para-hydroxylation sites is 1. The maximum Gasteiger partial charge on any atom is 0.338 e. The molecule has 2 amide bonds. The van der Waals surface area contributed by atoms with Gasteiger partial charge in [-0.25, -0.2) is 9.78 Å². The van der Waals surface area contributed by atoms with Gasteiger partial charge in [-0.15, -0.1) is 0 Å². The molecule has 0 bridgehead atoms. The molecule has 1 aliphatic rings. The molecule has 0 spiro atoms. The van der Waals surface area contributed by atoms with Crippen LogP contribution in [0.2, 0.25) is 0 Å². The van der Waals surface area contributed by atoms with E-state index < -0.39 is 35.4 Å². The van der Waals surface area contributed by atoms with Crippen molar-refractivity contribution >= 4 is 23.6 Å². The van der Waals surface area contributed by atoms with E-state index in [2.05, 4.69) is 15.6 Å². The van der Waals surface area contributed by atoms with Crippen molar-refractivity contribution in [1.29, 1.82) is 0 Å². The van der Waals surface area contributed by atoms with Crippen LogP contribution < -0.4 is 21.1 Å². The van der Waals surface area contributed by atoms with Crippen LogP contribution in [-0.4, -0.2) is 45.5 Å². The number of nitrogens with zero attached hydrogens (tertiary/aromatic N) is 2. The summed E-state index contributed by atoms with van der Waals surface area (Å²) in [5.74, 6) is -0.961. The van der Waals surface area contributed by atoms with Crippen molar-refractivity contribution in [3.05, 3.63) is 115 Å². The number of hydrogen-bond acceptors (Lipinski definition) is 7. The predicted octanol–water partition coefficient (Wildman–Crippen LogP) is 3.85. The maximum atomic E-state index is 13.4. The molecular formula is C32H35N5O5. The van der Waals surface area contributed by atoms with Crippen molar-refractivity contribution in [3.8, 4) is 5.75 Å². The number of anilines is 1. The summed E-state index contributed by atoms with van der Waals surface area (Å²) in [6, 6.07) is 16.4.